The fourth-order valence-corrected chi connectivity index (χ4v) is 4.19. The minimum atomic E-state index is 0.690. The van der Waals surface area contributed by atoms with Crippen molar-refractivity contribution in [1.82, 2.24) is 14.9 Å². The van der Waals surface area contributed by atoms with Crippen molar-refractivity contribution in [2.45, 2.75) is 12.8 Å². The first kappa shape index (κ1) is 25.4. The molecule has 0 saturated carbocycles. The monoisotopic (exact) mass is 481 g/mol. The van der Waals surface area contributed by atoms with Gasteiger partial charge in [0, 0.05) is 17.7 Å². The van der Waals surface area contributed by atoms with Gasteiger partial charge in [0.05, 0.1) is 18.4 Å². The number of nitrogens with two attached hydrogens (primary N) is 1. The average Bonchev–Trinajstić information content (AvgIpc) is 2.94. The quantitative estimate of drug-likeness (QED) is 0.258. The number of rotatable bonds is 12. The fraction of sp³-hybridized carbons (Fsp3) is 0.267. The largest absolute Gasteiger partial charge is 0.497 e. The third-order valence-corrected chi connectivity index (χ3v) is 6.10. The van der Waals surface area contributed by atoms with Gasteiger partial charge in [-0.25, -0.2) is 9.97 Å². The minimum absolute atomic E-state index is 0.690. The van der Waals surface area contributed by atoms with Gasteiger partial charge in [-0.05, 0) is 57.2 Å². The van der Waals surface area contributed by atoms with E-state index in [0.29, 0.717) is 5.82 Å². The van der Waals surface area contributed by atoms with Crippen LogP contribution in [0.25, 0.3) is 33.8 Å². The van der Waals surface area contributed by atoms with Gasteiger partial charge in [-0.2, -0.15) is 0 Å². The van der Waals surface area contributed by atoms with Gasteiger partial charge < -0.3 is 20.7 Å². The number of hydrogen-bond donors (Lipinski definition) is 2. The van der Waals surface area contributed by atoms with E-state index in [2.05, 4.69) is 35.5 Å². The molecule has 0 bridgehead atoms. The Bertz CT molecular complexity index is 1230. The summed E-state index contributed by atoms with van der Waals surface area (Å²) in [4.78, 5) is 12.4. The summed E-state index contributed by atoms with van der Waals surface area (Å²) in [5.41, 5.74) is 10.5. The van der Waals surface area contributed by atoms with Crippen LogP contribution in [0.1, 0.15) is 12.8 Å². The molecule has 4 aromatic rings. The molecule has 0 spiro atoms. The van der Waals surface area contributed by atoms with E-state index in [1.807, 2.05) is 66.7 Å². The van der Waals surface area contributed by atoms with Crippen LogP contribution in [-0.4, -0.2) is 55.2 Å². The second-order valence-electron chi connectivity index (χ2n) is 8.81. The number of ether oxygens (including phenoxy) is 1. The van der Waals surface area contributed by atoms with Crippen molar-refractivity contribution in [2.24, 2.45) is 5.73 Å². The number of methoxy groups -OCH3 is 1. The zero-order valence-corrected chi connectivity index (χ0v) is 21.2. The maximum Gasteiger partial charge on any atom is 0.162 e. The summed E-state index contributed by atoms with van der Waals surface area (Å²) in [5.74, 6) is 2.31. The highest BCUT2D eigenvalue weighted by Crippen LogP contribution is 2.38. The molecule has 0 atom stereocenters. The summed E-state index contributed by atoms with van der Waals surface area (Å²) < 4.78 is 5.53. The Hall–Kier alpha value is -3.74. The molecule has 36 heavy (non-hydrogen) atoms. The lowest BCUT2D eigenvalue weighted by Gasteiger charge is -2.19. The molecule has 0 aliphatic heterocycles. The normalized spacial score (nSPS) is 11.0. The predicted molar refractivity (Wildman–Crippen MR) is 149 cm³/mol. The number of benzene rings is 3. The lowest BCUT2D eigenvalue weighted by atomic mass is 9.98. The number of aromatic nitrogens is 2. The molecular formula is C30H35N5O. The van der Waals surface area contributed by atoms with Crippen LogP contribution >= 0.6 is 0 Å². The zero-order chi connectivity index (χ0) is 25.2. The first-order valence-electron chi connectivity index (χ1n) is 12.5. The second kappa shape index (κ2) is 12.8. The molecule has 186 valence electrons. The lowest BCUT2D eigenvalue weighted by Crippen LogP contribution is -2.24. The van der Waals surface area contributed by atoms with E-state index in [0.717, 1.165) is 78.5 Å². The van der Waals surface area contributed by atoms with Crippen molar-refractivity contribution < 1.29 is 4.74 Å². The predicted octanol–water partition coefficient (Wildman–Crippen LogP) is 5.57. The maximum atomic E-state index is 5.66. The Balaban J connectivity index is 1.77. The van der Waals surface area contributed by atoms with Crippen LogP contribution in [0.5, 0.6) is 5.75 Å². The zero-order valence-electron chi connectivity index (χ0n) is 21.2. The summed E-state index contributed by atoms with van der Waals surface area (Å²) in [6, 6.07) is 28.5. The third kappa shape index (κ3) is 6.47. The Kier molecular flexibility index (Phi) is 9.03. The Morgan fingerprint density at radius 1 is 0.806 bits per heavy atom. The first-order valence-corrected chi connectivity index (χ1v) is 12.5. The van der Waals surface area contributed by atoms with E-state index in [1.54, 1.807) is 7.11 Å². The van der Waals surface area contributed by atoms with Crippen LogP contribution in [0.3, 0.4) is 0 Å². The van der Waals surface area contributed by atoms with E-state index in [9.17, 15) is 0 Å². The Morgan fingerprint density at radius 3 is 2.17 bits per heavy atom. The molecule has 0 aliphatic carbocycles. The number of nitrogens with one attached hydrogen (secondary N) is 1. The Labute approximate surface area is 214 Å². The van der Waals surface area contributed by atoms with Crippen molar-refractivity contribution in [3.63, 3.8) is 0 Å². The van der Waals surface area contributed by atoms with Gasteiger partial charge in [-0.3, -0.25) is 0 Å². The fourth-order valence-electron chi connectivity index (χ4n) is 4.19. The number of nitrogens with zero attached hydrogens (tertiary/aromatic N) is 3. The van der Waals surface area contributed by atoms with Crippen LogP contribution in [0.2, 0.25) is 0 Å². The molecule has 0 amide bonds. The second-order valence-corrected chi connectivity index (χ2v) is 8.81. The van der Waals surface area contributed by atoms with Gasteiger partial charge >= 0.3 is 0 Å². The molecule has 0 fully saturated rings. The molecule has 1 aromatic heterocycles. The van der Waals surface area contributed by atoms with E-state index in [-0.39, 0.29) is 0 Å². The highest BCUT2D eigenvalue weighted by atomic mass is 16.5. The third-order valence-electron chi connectivity index (χ3n) is 6.10. The summed E-state index contributed by atoms with van der Waals surface area (Å²) in [6.45, 7) is 3.53. The van der Waals surface area contributed by atoms with E-state index in [4.69, 9.17) is 20.4 Å². The van der Waals surface area contributed by atoms with E-state index < -0.39 is 0 Å². The SMILES string of the molecule is COc1cccc(-c2nc(-c3ccccc3)nc(NCCCN(C)CCCN)c2-c2ccccc2)c1. The van der Waals surface area contributed by atoms with Gasteiger partial charge in [0.2, 0.25) is 0 Å². The van der Waals surface area contributed by atoms with Crippen molar-refractivity contribution in [1.29, 1.82) is 0 Å². The summed E-state index contributed by atoms with van der Waals surface area (Å²) in [5, 5.41) is 3.64. The molecular weight excluding hydrogens is 446 g/mol. The highest BCUT2D eigenvalue weighted by molar-refractivity contribution is 5.89. The number of hydrogen-bond acceptors (Lipinski definition) is 6. The molecule has 4 rings (SSSR count). The van der Waals surface area contributed by atoms with E-state index >= 15 is 0 Å². The van der Waals surface area contributed by atoms with Gasteiger partial charge in [0.15, 0.2) is 5.82 Å². The molecule has 0 aliphatic rings. The number of anilines is 1. The molecule has 0 unspecified atom stereocenters. The maximum absolute atomic E-state index is 5.66. The van der Waals surface area contributed by atoms with Crippen molar-refractivity contribution in [2.75, 3.05) is 45.7 Å². The first-order chi connectivity index (χ1) is 17.7. The topological polar surface area (TPSA) is 76.3 Å². The summed E-state index contributed by atoms with van der Waals surface area (Å²) >= 11 is 0. The molecule has 1 heterocycles. The molecule has 3 N–H and O–H groups in total. The highest BCUT2D eigenvalue weighted by Gasteiger charge is 2.19. The van der Waals surface area contributed by atoms with Crippen LogP contribution in [-0.2, 0) is 0 Å². The lowest BCUT2D eigenvalue weighted by molar-refractivity contribution is 0.330. The van der Waals surface area contributed by atoms with Crippen molar-refractivity contribution in [3.8, 4) is 39.5 Å². The molecule has 6 heteroatoms. The van der Waals surface area contributed by atoms with Crippen LogP contribution in [0.15, 0.2) is 84.9 Å². The van der Waals surface area contributed by atoms with Crippen molar-refractivity contribution in [3.05, 3.63) is 84.9 Å². The Morgan fingerprint density at radius 2 is 1.47 bits per heavy atom. The van der Waals surface area contributed by atoms with Gasteiger partial charge in [0.1, 0.15) is 11.6 Å². The standard InChI is InChI=1S/C30H35N5O/c1-35(20-10-18-31)21-11-19-32-30-27(23-12-5-3-6-13-23)28(25-16-9-17-26(22-25)36-2)33-29(34-30)24-14-7-4-8-15-24/h3-9,12-17,22H,10-11,18-21,31H2,1-2H3,(H,32,33,34). The summed E-state index contributed by atoms with van der Waals surface area (Å²) in [6.07, 6.45) is 2.01. The van der Waals surface area contributed by atoms with E-state index in [1.165, 1.54) is 0 Å². The van der Waals surface area contributed by atoms with Gasteiger partial charge in [-0.1, -0.05) is 72.8 Å². The van der Waals surface area contributed by atoms with Crippen LogP contribution in [0, 0.1) is 0 Å². The average molecular weight is 482 g/mol. The van der Waals surface area contributed by atoms with Crippen LogP contribution < -0.4 is 15.8 Å². The summed E-state index contributed by atoms with van der Waals surface area (Å²) in [7, 11) is 3.83. The molecule has 0 saturated heterocycles. The van der Waals surface area contributed by atoms with Gasteiger partial charge in [0.25, 0.3) is 0 Å². The van der Waals surface area contributed by atoms with Crippen LogP contribution in [0.4, 0.5) is 5.82 Å². The molecule has 0 radical (unpaired) electrons. The van der Waals surface area contributed by atoms with Crippen molar-refractivity contribution >= 4 is 5.82 Å². The molecule has 6 nitrogen and oxygen atoms in total. The smallest absolute Gasteiger partial charge is 0.162 e. The molecule has 3 aromatic carbocycles. The minimum Gasteiger partial charge on any atom is -0.497 e. The van der Waals surface area contributed by atoms with Gasteiger partial charge in [-0.15, -0.1) is 0 Å².